The standard InChI is InChI=1S/C14H13OP/c1-2-16(14-11-7-4-8-12-14)15-13-9-5-3-6-10-13/h2-12H,1H2. The van der Waals surface area contributed by atoms with Crippen LogP contribution in [0.5, 0.6) is 5.75 Å². The van der Waals surface area contributed by atoms with E-state index in [1.54, 1.807) is 0 Å². The van der Waals surface area contributed by atoms with Gasteiger partial charge in [0, 0.05) is 5.30 Å². The first kappa shape index (κ1) is 10.9. The fourth-order valence-corrected chi connectivity index (χ4v) is 2.57. The highest BCUT2D eigenvalue weighted by Gasteiger charge is 2.08. The third-order valence-electron chi connectivity index (χ3n) is 2.12. The van der Waals surface area contributed by atoms with Crippen molar-refractivity contribution in [3.05, 3.63) is 73.1 Å². The van der Waals surface area contributed by atoms with Crippen LogP contribution in [0, 0.1) is 0 Å². The summed E-state index contributed by atoms with van der Waals surface area (Å²) in [5, 5.41) is 1.18. The van der Waals surface area contributed by atoms with E-state index in [4.69, 9.17) is 4.52 Å². The van der Waals surface area contributed by atoms with Crippen molar-refractivity contribution in [3.63, 3.8) is 0 Å². The third-order valence-corrected chi connectivity index (χ3v) is 3.67. The van der Waals surface area contributed by atoms with Gasteiger partial charge in [-0.2, -0.15) is 0 Å². The molecule has 0 radical (unpaired) electrons. The fraction of sp³-hybridized carbons (Fsp3) is 0. The molecule has 0 fully saturated rings. The van der Waals surface area contributed by atoms with Crippen molar-refractivity contribution in [2.24, 2.45) is 0 Å². The van der Waals surface area contributed by atoms with Crippen molar-refractivity contribution in [1.29, 1.82) is 0 Å². The molecule has 0 aliphatic carbocycles. The molecule has 2 aromatic carbocycles. The lowest BCUT2D eigenvalue weighted by Gasteiger charge is -2.14. The van der Waals surface area contributed by atoms with Gasteiger partial charge in [0.1, 0.15) is 13.9 Å². The maximum atomic E-state index is 5.90. The molecule has 1 nitrogen and oxygen atoms in total. The minimum Gasteiger partial charge on any atom is -0.465 e. The van der Waals surface area contributed by atoms with Crippen LogP contribution in [0.25, 0.3) is 0 Å². The summed E-state index contributed by atoms with van der Waals surface area (Å²) in [5.74, 6) is 2.76. The van der Waals surface area contributed by atoms with Crippen LogP contribution in [0.3, 0.4) is 0 Å². The Kier molecular flexibility index (Phi) is 3.74. The maximum Gasteiger partial charge on any atom is 0.142 e. The molecule has 0 aliphatic heterocycles. The van der Waals surface area contributed by atoms with Crippen molar-refractivity contribution >= 4 is 13.5 Å². The number of benzene rings is 2. The Hall–Kier alpha value is -1.59. The molecule has 0 aromatic heterocycles. The molecule has 0 spiro atoms. The van der Waals surface area contributed by atoms with Crippen LogP contribution < -0.4 is 9.83 Å². The molecule has 1 unspecified atom stereocenters. The molecule has 2 aromatic rings. The van der Waals surface area contributed by atoms with Gasteiger partial charge in [-0.3, -0.25) is 0 Å². The first-order chi connectivity index (χ1) is 7.90. The number of rotatable bonds is 4. The molecule has 80 valence electrons. The van der Waals surface area contributed by atoms with Crippen molar-refractivity contribution in [1.82, 2.24) is 0 Å². The second-order valence-corrected chi connectivity index (χ2v) is 4.96. The predicted octanol–water partition coefficient (Wildman–Crippen LogP) is 3.93. The van der Waals surface area contributed by atoms with E-state index in [-0.39, 0.29) is 0 Å². The normalized spacial score (nSPS) is 11.8. The van der Waals surface area contributed by atoms with E-state index < -0.39 is 8.15 Å². The van der Waals surface area contributed by atoms with Gasteiger partial charge in [0.25, 0.3) is 0 Å². The number of para-hydroxylation sites is 1. The van der Waals surface area contributed by atoms with Gasteiger partial charge in [-0.15, -0.1) is 0 Å². The van der Waals surface area contributed by atoms with E-state index in [2.05, 4.69) is 18.7 Å². The lowest BCUT2D eigenvalue weighted by Crippen LogP contribution is -2.02. The summed E-state index contributed by atoms with van der Waals surface area (Å²) in [5.41, 5.74) is 0. The summed E-state index contributed by atoms with van der Waals surface area (Å²) in [6.45, 7) is 3.84. The Morgan fingerprint density at radius 1 is 0.875 bits per heavy atom. The van der Waals surface area contributed by atoms with Crippen molar-refractivity contribution in [3.8, 4) is 5.75 Å². The lowest BCUT2D eigenvalue weighted by molar-refractivity contribution is 0.629. The second kappa shape index (κ2) is 5.48. The molecule has 0 aliphatic rings. The van der Waals surface area contributed by atoms with Gasteiger partial charge in [0.05, 0.1) is 0 Å². The summed E-state index contributed by atoms with van der Waals surface area (Å²) in [6.07, 6.45) is 0. The van der Waals surface area contributed by atoms with Gasteiger partial charge in [-0.1, -0.05) is 55.1 Å². The molecule has 0 saturated heterocycles. The van der Waals surface area contributed by atoms with Gasteiger partial charge >= 0.3 is 0 Å². The van der Waals surface area contributed by atoms with Crippen LogP contribution in [-0.4, -0.2) is 0 Å². The zero-order valence-electron chi connectivity index (χ0n) is 8.91. The first-order valence-corrected chi connectivity index (χ1v) is 6.43. The predicted molar refractivity (Wildman–Crippen MR) is 70.3 cm³/mol. The molecular weight excluding hydrogens is 215 g/mol. The van der Waals surface area contributed by atoms with E-state index in [0.29, 0.717) is 0 Å². The fourth-order valence-electron chi connectivity index (χ4n) is 1.37. The Bertz CT molecular complexity index is 439. The second-order valence-electron chi connectivity index (χ2n) is 3.25. The van der Waals surface area contributed by atoms with Crippen LogP contribution in [-0.2, 0) is 0 Å². The molecule has 16 heavy (non-hydrogen) atoms. The summed E-state index contributed by atoms with van der Waals surface area (Å²) in [6, 6.07) is 20.0. The summed E-state index contributed by atoms with van der Waals surface area (Å²) in [4.78, 5) is 0. The van der Waals surface area contributed by atoms with Crippen LogP contribution in [0.4, 0.5) is 0 Å². The lowest BCUT2D eigenvalue weighted by atomic mass is 10.3. The van der Waals surface area contributed by atoms with E-state index in [0.717, 1.165) is 5.75 Å². The summed E-state index contributed by atoms with van der Waals surface area (Å²) >= 11 is 0. The van der Waals surface area contributed by atoms with Crippen LogP contribution in [0.1, 0.15) is 0 Å². The zero-order chi connectivity index (χ0) is 11.2. The van der Waals surface area contributed by atoms with E-state index in [9.17, 15) is 0 Å². The smallest absolute Gasteiger partial charge is 0.142 e. The molecule has 0 N–H and O–H groups in total. The largest absolute Gasteiger partial charge is 0.465 e. The van der Waals surface area contributed by atoms with Crippen LogP contribution in [0.2, 0.25) is 0 Å². The highest BCUT2D eigenvalue weighted by molar-refractivity contribution is 7.64. The highest BCUT2D eigenvalue weighted by Crippen LogP contribution is 2.37. The minimum atomic E-state index is -0.766. The Morgan fingerprint density at radius 3 is 2.00 bits per heavy atom. The zero-order valence-corrected chi connectivity index (χ0v) is 9.81. The van der Waals surface area contributed by atoms with Gasteiger partial charge in [0.15, 0.2) is 0 Å². The Morgan fingerprint density at radius 2 is 1.44 bits per heavy atom. The van der Waals surface area contributed by atoms with Crippen LogP contribution >= 0.6 is 8.15 Å². The van der Waals surface area contributed by atoms with Crippen molar-refractivity contribution in [2.75, 3.05) is 0 Å². The molecular formula is C14H13OP. The molecule has 0 amide bonds. The number of hydrogen-bond acceptors (Lipinski definition) is 1. The van der Waals surface area contributed by atoms with Crippen molar-refractivity contribution in [2.45, 2.75) is 0 Å². The Labute approximate surface area is 97.2 Å². The SMILES string of the molecule is C=CP(Oc1ccccc1)c1ccccc1. The van der Waals surface area contributed by atoms with Gasteiger partial charge in [-0.25, -0.2) is 0 Å². The van der Waals surface area contributed by atoms with E-state index in [1.807, 2.05) is 54.3 Å². The number of hydrogen-bond donors (Lipinski definition) is 0. The van der Waals surface area contributed by atoms with Crippen molar-refractivity contribution < 1.29 is 4.52 Å². The quantitative estimate of drug-likeness (QED) is 0.720. The topological polar surface area (TPSA) is 9.23 Å². The van der Waals surface area contributed by atoms with Gasteiger partial charge in [0.2, 0.25) is 0 Å². The monoisotopic (exact) mass is 228 g/mol. The summed E-state index contributed by atoms with van der Waals surface area (Å²) in [7, 11) is -0.766. The third kappa shape index (κ3) is 2.71. The van der Waals surface area contributed by atoms with E-state index in [1.165, 1.54) is 5.30 Å². The van der Waals surface area contributed by atoms with Gasteiger partial charge in [-0.05, 0) is 17.9 Å². The van der Waals surface area contributed by atoms with E-state index >= 15 is 0 Å². The van der Waals surface area contributed by atoms with Gasteiger partial charge < -0.3 is 4.52 Å². The summed E-state index contributed by atoms with van der Waals surface area (Å²) < 4.78 is 5.90. The molecule has 0 bridgehead atoms. The average molecular weight is 228 g/mol. The van der Waals surface area contributed by atoms with Crippen LogP contribution in [0.15, 0.2) is 73.1 Å². The minimum absolute atomic E-state index is 0.766. The Balaban J connectivity index is 2.16. The average Bonchev–Trinajstić information content (AvgIpc) is 2.38. The maximum absolute atomic E-state index is 5.90. The molecule has 2 heteroatoms. The molecule has 1 atom stereocenters. The molecule has 0 heterocycles. The first-order valence-electron chi connectivity index (χ1n) is 5.10. The highest BCUT2D eigenvalue weighted by atomic mass is 31.1. The molecule has 2 rings (SSSR count). The molecule has 0 saturated carbocycles.